The van der Waals surface area contributed by atoms with Crippen molar-refractivity contribution in [3.8, 4) is 5.75 Å². The fourth-order valence-electron chi connectivity index (χ4n) is 4.37. The molecule has 0 bridgehead atoms. The van der Waals surface area contributed by atoms with E-state index in [1.807, 2.05) is 44.2 Å². The van der Waals surface area contributed by atoms with Gasteiger partial charge >= 0.3 is 0 Å². The number of benzene rings is 3. The molecule has 0 aliphatic rings. The topological polar surface area (TPSA) is 96.0 Å². The Bertz CT molecular complexity index is 1430. The molecule has 3 aromatic carbocycles. The highest BCUT2D eigenvalue weighted by Crippen LogP contribution is 2.31. The molecule has 3 rings (SSSR count). The number of nitrogens with one attached hydrogen (secondary N) is 1. The molecule has 0 aromatic heterocycles. The fourth-order valence-corrected chi connectivity index (χ4v) is 5.22. The molecule has 0 radical (unpaired) electrons. The van der Waals surface area contributed by atoms with Crippen molar-refractivity contribution in [1.82, 2.24) is 10.2 Å². The summed E-state index contributed by atoms with van der Waals surface area (Å²) < 4.78 is 46.2. The van der Waals surface area contributed by atoms with Crippen LogP contribution in [0.5, 0.6) is 5.75 Å². The van der Waals surface area contributed by atoms with Crippen molar-refractivity contribution in [1.29, 1.82) is 0 Å². The number of anilines is 1. The van der Waals surface area contributed by atoms with Gasteiger partial charge in [0.25, 0.3) is 0 Å². The second-order valence-corrected chi connectivity index (χ2v) is 12.0. The Morgan fingerprint density at radius 1 is 1.00 bits per heavy atom. The Labute approximate surface area is 242 Å². The first-order chi connectivity index (χ1) is 19.4. The molecule has 0 aliphatic carbocycles. The summed E-state index contributed by atoms with van der Waals surface area (Å²) >= 11 is 0. The summed E-state index contributed by atoms with van der Waals surface area (Å²) in [6.45, 7) is 5.02. The number of carbonyl (C=O) groups is 2. The molecular formula is C31H38FN3O5S. The largest absolute Gasteiger partial charge is 0.495 e. The van der Waals surface area contributed by atoms with Crippen molar-refractivity contribution in [3.63, 3.8) is 0 Å². The quantitative estimate of drug-likeness (QED) is 0.321. The zero-order chi connectivity index (χ0) is 30.2. The van der Waals surface area contributed by atoms with Crippen molar-refractivity contribution < 1.29 is 27.1 Å². The lowest BCUT2D eigenvalue weighted by atomic mass is 10.0. The number of hydrogen-bond donors (Lipinski definition) is 1. The van der Waals surface area contributed by atoms with Gasteiger partial charge in [-0.05, 0) is 61.2 Å². The molecular weight excluding hydrogens is 545 g/mol. The summed E-state index contributed by atoms with van der Waals surface area (Å²) in [5.74, 6) is -1.10. The Morgan fingerprint density at radius 2 is 1.66 bits per heavy atom. The van der Waals surface area contributed by atoms with Gasteiger partial charge in [-0.15, -0.1) is 0 Å². The van der Waals surface area contributed by atoms with Crippen molar-refractivity contribution in [2.75, 3.05) is 24.2 Å². The molecule has 0 saturated heterocycles. The van der Waals surface area contributed by atoms with Gasteiger partial charge in [-0.3, -0.25) is 13.9 Å². The first kappa shape index (κ1) is 31.6. The van der Waals surface area contributed by atoms with Crippen LogP contribution in [0.15, 0.2) is 72.8 Å². The summed E-state index contributed by atoms with van der Waals surface area (Å²) in [5.41, 5.74) is 2.41. The van der Waals surface area contributed by atoms with E-state index in [0.29, 0.717) is 12.0 Å². The van der Waals surface area contributed by atoms with Crippen molar-refractivity contribution in [2.24, 2.45) is 0 Å². The van der Waals surface area contributed by atoms with Gasteiger partial charge < -0.3 is 15.0 Å². The molecule has 0 saturated carbocycles. The highest BCUT2D eigenvalue weighted by molar-refractivity contribution is 7.92. The first-order valence-electron chi connectivity index (χ1n) is 13.4. The van der Waals surface area contributed by atoms with E-state index >= 15 is 0 Å². The second-order valence-electron chi connectivity index (χ2n) is 10.1. The monoisotopic (exact) mass is 583 g/mol. The summed E-state index contributed by atoms with van der Waals surface area (Å²) in [4.78, 5) is 29.2. The Morgan fingerprint density at radius 3 is 2.24 bits per heavy atom. The number of ether oxygens (including phenoxy) is 1. The maximum Gasteiger partial charge on any atom is 0.244 e. The maximum atomic E-state index is 14.1. The molecule has 220 valence electrons. The normalized spacial score (nSPS) is 12.7. The van der Waals surface area contributed by atoms with Crippen LogP contribution in [0.3, 0.4) is 0 Å². The molecule has 0 aliphatic heterocycles. The maximum absolute atomic E-state index is 14.1. The van der Waals surface area contributed by atoms with E-state index in [1.165, 1.54) is 24.1 Å². The number of carbonyl (C=O) groups excluding carboxylic acids is 2. The number of hydrogen-bond acceptors (Lipinski definition) is 5. The Balaban J connectivity index is 2.10. The molecule has 3 aromatic rings. The van der Waals surface area contributed by atoms with Gasteiger partial charge in [0.15, 0.2) is 0 Å². The number of amides is 2. The third-order valence-corrected chi connectivity index (χ3v) is 7.95. The van der Waals surface area contributed by atoms with Gasteiger partial charge in [-0.1, -0.05) is 55.5 Å². The van der Waals surface area contributed by atoms with E-state index in [-0.39, 0.29) is 36.4 Å². The fraction of sp³-hybridized carbons (Fsp3) is 0.355. The van der Waals surface area contributed by atoms with Gasteiger partial charge in [0.1, 0.15) is 24.2 Å². The van der Waals surface area contributed by atoms with Crippen LogP contribution in [0, 0.1) is 12.7 Å². The lowest BCUT2D eigenvalue weighted by molar-refractivity contribution is -0.140. The second kappa shape index (κ2) is 14.1. The summed E-state index contributed by atoms with van der Waals surface area (Å²) in [6.07, 6.45) is 1.90. The van der Waals surface area contributed by atoms with Gasteiger partial charge in [-0.2, -0.15) is 0 Å². The molecule has 41 heavy (non-hydrogen) atoms. The first-order valence-corrected chi connectivity index (χ1v) is 15.3. The molecule has 0 heterocycles. The highest BCUT2D eigenvalue weighted by atomic mass is 32.2. The third kappa shape index (κ3) is 8.78. The van der Waals surface area contributed by atoms with Gasteiger partial charge in [0.2, 0.25) is 21.8 Å². The third-order valence-electron chi connectivity index (χ3n) is 6.82. The zero-order valence-corrected chi connectivity index (χ0v) is 24.9. The van der Waals surface area contributed by atoms with Gasteiger partial charge in [0.05, 0.1) is 19.1 Å². The summed E-state index contributed by atoms with van der Waals surface area (Å²) in [7, 11) is -2.52. The number of rotatable bonds is 13. The van der Waals surface area contributed by atoms with E-state index in [4.69, 9.17) is 4.74 Å². The van der Waals surface area contributed by atoms with Crippen LogP contribution in [0.2, 0.25) is 0 Å². The molecule has 10 heteroatoms. The minimum atomic E-state index is -3.95. The predicted molar refractivity (Wildman–Crippen MR) is 159 cm³/mol. The van der Waals surface area contributed by atoms with E-state index in [0.717, 1.165) is 21.7 Å². The average Bonchev–Trinajstić information content (AvgIpc) is 2.94. The molecule has 1 N–H and O–H groups in total. The molecule has 2 atom stereocenters. The molecule has 0 spiro atoms. The van der Waals surface area contributed by atoms with Crippen molar-refractivity contribution in [2.45, 2.75) is 52.2 Å². The molecule has 2 amide bonds. The number of sulfonamides is 1. The Hall–Kier alpha value is -3.92. The van der Waals surface area contributed by atoms with Crippen LogP contribution in [-0.4, -0.2) is 57.1 Å². The smallest absolute Gasteiger partial charge is 0.244 e. The molecule has 0 unspecified atom stereocenters. The predicted octanol–water partition coefficient (Wildman–Crippen LogP) is 4.46. The van der Waals surface area contributed by atoms with Crippen LogP contribution in [-0.2, 0) is 32.6 Å². The lowest BCUT2D eigenvalue weighted by Gasteiger charge is -2.34. The lowest BCUT2D eigenvalue weighted by Crippen LogP contribution is -2.54. The SMILES string of the molecule is CC[C@H](C)NC(=O)[C@H](Cc1ccccc1)N(Cc1ccc(F)cc1)C(=O)CN(c1cc(C)ccc1OC)S(C)(=O)=O. The summed E-state index contributed by atoms with van der Waals surface area (Å²) in [5, 5.41) is 2.98. The van der Waals surface area contributed by atoms with Crippen LogP contribution in [0.1, 0.15) is 37.0 Å². The van der Waals surface area contributed by atoms with Crippen LogP contribution in [0.25, 0.3) is 0 Å². The minimum absolute atomic E-state index is 0.0346. The number of halogens is 1. The van der Waals surface area contributed by atoms with E-state index in [9.17, 15) is 22.4 Å². The van der Waals surface area contributed by atoms with Crippen LogP contribution < -0.4 is 14.4 Å². The zero-order valence-electron chi connectivity index (χ0n) is 24.1. The standard InChI is InChI=1S/C31H38FN3O5S/c1-6-23(3)33-31(37)28(19-24-10-8-7-9-11-24)34(20-25-13-15-26(32)16-14-25)30(36)21-35(41(5,38)39)27-18-22(2)12-17-29(27)40-4/h7-18,23,28H,6,19-21H2,1-5H3,(H,33,37)/t23-,28-/m0/s1. The number of nitrogens with zero attached hydrogens (tertiary/aromatic N) is 2. The summed E-state index contributed by atoms with van der Waals surface area (Å²) in [6, 6.07) is 18.9. The molecule has 8 nitrogen and oxygen atoms in total. The van der Waals surface area contributed by atoms with Crippen LogP contribution >= 0.6 is 0 Å². The van der Waals surface area contributed by atoms with E-state index in [1.54, 1.807) is 37.3 Å². The van der Waals surface area contributed by atoms with E-state index < -0.39 is 34.3 Å². The van der Waals surface area contributed by atoms with Crippen LogP contribution in [0.4, 0.5) is 10.1 Å². The van der Waals surface area contributed by atoms with Crippen molar-refractivity contribution >= 4 is 27.5 Å². The Kier molecular flexibility index (Phi) is 10.9. The molecule has 0 fully saturated rings. The minimum Gasteiger partial charge on any atom is -0.495 e. The van der Waals surface area contributed by atoms with Crippen molar-refractivity contribution in [3.05, 3.63) is 95.3 Å². The highest BCUT2D eigenvalue weighted by Gasteiger charge is 2.34. The van der Waals surface area contributed by atoms with E-state index in [2.05, 4.69) is 5.32 Å². The average molecular weight is 584 g/mol. The number of methoxy groups -OCH3 is 1. The van der Waals surface area contributed by atoms with Gasteiger partial charge in [-0.25, -0.2) is 12.8 Å². The van der Waals surface area contributed by atoms with Gasteiger partial charge in [0, 0.05) is 19.0 Å². The number of aryl methyl sites for hydroxylation is 1.